The number of rotatable bonds is 5. The molecular formula is C27H21N3O7. The van der Waals surface area contributed by atoms with E-state index in [2.05, 4.69) is 9.97 Å². The summed E-state index contributed by atoms with van der Waals surface area (Å²) in [5, 5.41) is 11.4. The van der Waals surface area contributed by atoms with E-state index in [1.54, 1.807) is 67.8 Å². The number of fused-ring (bicyclic) bond motifs is 2. The zero-order valence-electron chi connectivity index (χ0n) is 19.8. The molecule has 3 heterocycles. The minimum atomic E-state index is -0.983. The highest BCUT2D eigenvalue weighted by molar-refractivity contribution is 6.51. The van der Waals surface area contributed by atoms with Crippen molar-refractivity contribution in [1.29, 1.82) is 0 Å². The first kappa shape index (κ1) is 22.5. The fraction of sp³-hybridized carbons (Fsp3) is 0.148. The number of H-pyrrole nitrogens is 1. The Kier molecular flexibility index (Phi) is 5.22. The van der Waals surface area contributed by atoms with Gasteiger partial charge in [0.25, 0.3) is 5.78 Å². The highest BCUT2D eigenvalue weighted by atomic mass is 16.7. The Balaban J connectivity index is 1.54. The number of benzene rings is 3. The molecule has 4 aromatic rings. The Morgan fingerprint density at radius 2 is 1.78 bits per heavy atom. The summed E-state index contributed by atoms with van der Waals surface area (Å²) >= 11 is 0. The number of nitrogens with zero attached hydrogens (tertiary/aromatic N) is 2. The van der Waals surface area contributed by atoms with E-state index in [0.29, 0.717) is 45.2 Å². The molecular weight excluding hydrogens is 478 g/mol. The van der Waals surface area contributed by atoms with Gasteiger partial charge in [-0.05, 0) is 48.0 Å². The minimum absolute atomic E-state index is 0.0601. The molecule has 3 aromatic carbocycles. The summed E-state index contributed by atoms with van der Waals surface area (Å²) in [5.41, 5.74) is 1.98. The number of ketones is 1. The number of imidazole rings is 1. The fourth-order valence-electron chi connectivity index (χ4n) is 4.59. The van der Waals surface area contributed by atoms with E-state index in [-0.39, 0.29) is 24.1 Å². The Labute approximate surface area is 210 Å². The molecule has 1 unspecified atom stereocenters. The largest absolute Gasteiger partial charge is 0.507 e. The fourth-order valence-corrected chi connectivity index (χ4v) is 4.59. The lowest BCUT2D eigenvalue weighted by molar-refractivity contribution is -0.132. The number of nitrogens with one attached hydrogen (secondary N) is 1. The molecule has 2 N–H and O–H groups in total. The number of hydrogen-bond acceptors (Lipinski definition) is 8. The van der Waals surface area contributed by atoms with E-state index >= 15 is 0 Å². The van der Waals surface area contributed by atoms with Crippen LogP contribution in [0.1, 0.15) is 17.2 Å². The van der Waals surface area contributed by atoms with Gasteiger partial charge < -0.3 is 29.0 Å². The van der Waals surface area contributed by atoms with E-state index in [1.807, 2.05) is 0 Å². The van der Waals surface area contributed by atoms with Crippen LogP contribution in [-0.4, -0.2) is 47.8 Å². The van der Waals surface area contributed by atoms with Crippen LogP contribution in [0.25, 0.3) is 16.8 Å². The lowest BCUT2D eigenvalue weighted by atomic mass is 9.95. The minimum Gasteiger partial charge on any atom is -0.507 e. The van der Waals surface area contributed by atoms with Crippen molar-refractivity contribution in [2.45, 2.75) is 6.04 Å². The van der Waals surface area contributed by atoms with Crippen LogP contribution < -0.4 is 23.8 Å². The Morgan fingerprint density at radius 3 is 2.59 bits per heavy atom. The predicted octanol–water partition coefficient (Wildman–Crippen LogP) is 3.94. The zero-order valence-corrected chi connectivity index (χ0v) is 19.8. The van der Waals surface area contributed by atoms with Crippen molar-refractivity contribution in [2.24, 2.45) is 0 Å². The number of Topliss-reactive ketones (excluding diaryl/α,β-unsaturated/α-hetero) is 1. The summed E-state index contributed by atoms with van der Waals surface area (Å²) in [6.45, 7) is 0.0601. The molecule has 2 aliphatic rings. The summed E-state index contributed by atoms with van der Waals surface area (Å²) in [4.78, 5) is 35.8. The predicted molar refractivity (Wildman–Crippen MR) is 133 cm³/mol. The van der Waals surface area contributed by atoms with Crippen LogP contribution in [0.4, 0.5) is 5.95 Å². The van der Waals surface area contributed by atoms with Crippen LogP contribution >= 0.6 is 0 Å². The quantitative estimate of drug-likeness (QED) is 0.241. The van der Waals surface area contributed by atoms with Crippen molar-refractivity contribution in [3.8, 4) is 23.0 Å². The number of aliphatic hydroxyl groups is 1. The molecule has 0 aliphatic carbocycles. The smallest absolute Gasteiger partial charge is 0.302 e. The summed E-state index contributed by atoms with van der Waals surface area (Å²) in [5.74, 6) is 0.230. The van der Waals surface area contributed by atoms with Gasteiger partial charge >= 0.3 is 5.91 Å². The van der Waals surface area contributed by atoms with Gasteiger partial charge in [0.2, 0.25) is 12.7 Å². The second-order valence-electron chi connectivity index (χ2n) is 8.46. The lowest BCUT2D eigenvalue weighted by Gasteiger charge is -2.23. The summed E-state index contributed by atoms with van der Waals surface area (Å²) in [6, 6.07) is 16.0. The summed E-state index contributed by atoms with van der Waals surface area (Å²) in [7, 11) is 3.07. The molecule has 0 saturated carbocycles. The SMILES string of the molecule is COc1cccc(C2/C(=C(\O)c3ccc4c(c3)OCO4)C(=O)C(=O)N2c2nc3ccc(OC)cc3[nH]2)c1. The van der Waals surface area contributed by atoms with Crippen LogP contribution in [0.5, 0.6) is 23.0 Å². The van der Waals surface area contributed by atoms with Crippen molar-refractivity contribution < 1.29 is 33.6 Å². The Morgan fingerprint density at radius 1 is 1.00 bits per heavy atom. The van der Waals surface area contributed by atoms with E-state index < -0.39 is 17.7 Å². The molecule has 6 rings (SSSR count). The maximum absolute atomic E-state index is 13.4. The third-order valence-corrected chi connectivity index (χ3v) is 6.40. The van der Waals surface area contributed by atoms with Gasteiger partial charge in [0.05, 0.1) is 36.9 Å². The highest BCUT2D eigenvalue weighted by Crippen LogP contribution is 2.43. The van der Waals surface area contributed by atoms with Gasteiger partial charge in [-0.2, -0.15) is 0 Å². The van der Waals surface area contributed by atoms with E-state index in [9.17, 15) is 14.7 Å². The second kappa shape index (κ2) is 8.59. The van der Waals surface area contributed by atoms with Crippen molar-refractivity contribution in [3.05, 3.63) is 77.4 Å². The van der Waals surface area contributed by atoms with Gasteiger partial charge in [-0.25, -0.2) is 4.98 Å². The molecule has 1 saturated heterocycles. The molecule has 0 radical (unpaired) electrons. The number of carbonyl (C=O) groups excluding carboxylic acids is 2. The topological polar surface area (TPSA) is 123 Å². The number of carbonyl (C=O) groups is 2. The average Bonchev–Trinajstić information content (AvgIpc) is 3.63. The number of amides is 1. The van der Waals surface area contributed by atoms with Gasteiger partial charge in [-0.15, -0.1) is 0 Å². The van der Waals surface area contributed by atoms with Crippen molar-refractivity contribution in [1.82, 2.24) is 9.97 Å². The Bertz CT molecular complexity index is 1610. The third kappa shape index (κ3) is 3.61. The standard InChI is InChI=1S/C27H21N3O7/c1-34-16-5-3-4-14(10-16)23-22(24(31)15-6-9-20-21(11-15)37-13-36-20)25(32)26(33)30(23)27-28-18-8-7-17(35-2)12-19(18)29-27/h3-12,23,31H,13H2,1-2H3,(H,28,29)/b24-22+. The van der Waals surface area contributed by atoms with Gasteiger partial charge in [0.15, 0.2) is 11.5 Å². The van der Waals surface area contributed by atoms with E-state index in [0.717, 1.165) is 0 Å². The number of anilines is 1. The third-order valence-electron chi connectivity index (χ3n) is 6.40. The van der Waals surface area contributed by atoms with Crippen LogP contribution in [-0.2, 0) is 9.59 Å². The first-order valence-corrected chi connectivity index (χ1v) is 11.4. The van der Waals surface area contributed by atoms with Crippen LogP contribution in [0, 0.1) is 0 Å². The van der Waals surface area contributed by atoms with E-state index in [4.69, 9.17) is 18.9 Å². The average molecular weight is 499 g/mol. The van der Waals surface area contributed by atoms with Crippen LogP contribution in [0.2, 0.25) is 0 Å². The number of aromatic amines is 1. The normalized spacial score (nSPS) is 18.0. The second-order valence-corrected chi connectivity index (χ2v) is 8.46. The molecule has 1 fully saturated rings. The molecule has 2 aliphatic heterocycles. The maximum atomic E-state index is 13.4. The van der Waals surface area contributed by atoms with Crippen molar-refractivity contribution >= 4 is 34.4 Å². The first-order chi connectivity index (χ1) is 18.0. The molecule has 10 nitrogen and oxygen atoms in total. The molecule has 186 valence electrons. The van der Waals surface area contributed by atoms with Crippen LogP contribution in [0.15, 0.2) is 66.2 Å². The number of methoxy groups -OCH3 is 2. The summed E-state index contributed by atoms with van der Waals surface area (Å²) in [6.07, 6.45) is 0. The lowest BCUT2D eigenvalue weighted by Crippen LogP contribution is -2.30. The molecule has 10 heteroatoms. The van der Waals surface area contributed by atoms with Crippen molar-refractivity contribution in [3.63, 3.8) is 0 Å². The molecule has 1 aromatic heterocycles. The van der Waals surface area contributed by atoms with Crippen LogP contribution in [0.3, 0.4) is 0 Å². The molecule has 1 amide bonds. The highest BCUT2D eigenvalue weighted by Gasteiger charge is 2.48. The molecule has 1 atom stereocenters. The first-order valence-electron chi connectivity index (χ1n) is 11.4. The van der Waals surface area contributed by atoms with Gasteiger partial charge in [0, 0.05) is 11.6 Å². The zero-order chi connectivity index (χ0) is 25.7. The van der Waals surface area contributed by atoms with Gasteiger partial charge in [-0.1, -0.05) is 12.1 Å². The summed E-state index contributed by atoms with van der Waals surface area (Å²) < 4.78 is 21.4. The van der Waals surface area contributed by atoms with Crippen molar-refractivity contribution in [2.75, 3.05) is 25.9 Å². The number of aromatic nitrogens is 2. The van der Waals surface area contributed by atoms with E-state index in [1.165, 1.54) is 12.0 Å². The number of hydrogen-bond donors (Lipinski definition) is 2. The maximum Gasteiger partial charge on any atom is 0.302 e. The molecule has 37 heavy (non-hydrogen) atoms. The monoisotopic (exact) mass is 499 g/mol. The van der Waals surface area contributed by atoms with Gasteiger partial charge in [-0.3, -0.25) is 14.5 Å². The Hall–Kier alpha value is -4.99. The molecule has 0 spiro atoms. The van der Waals surface area contributed by atoms with Gasteiger partial charge in [0.1, 0.15) is 17.3 Å². The molecule has 0 bridgehead atoms. The number of ether oxygens (including phenoxy) is 4. The number of aliphatic hydroxyl groups excluding tert-OH is 1.